The number of nitrogens with two attached hydrogens (primary N) is 1. The van der Waals surface area contributed by atoms with E-state index in [-0.39, 0.29) is 0 Å². The van der Waals surface area contributed by atoms with Gasteiger partial charge < -0.3 is 18.1 Å². The smallest absolute Gasteiger partial charge is 0.315 e. The molecule has 8 heteroatoms. The Hall–Kier alpha value is 0.708. The molecule has 2 N–H and O–H groups in total. The molecule has 0 aromatic heterocycles. The standard InChI is InChI=1S/C12H35NO3Si4/c1-17(2,3)14-19(7,8)16-20(9,12-10-11-13)15-18(4,5)6/h10-13H2,1-9H3/t20-/m1/s1. The second-order valence-electron chi connectivity index (χ2n) is 7.96. The molecule has 0 heterocycles. The topological polar surface area (TPSA) is 53.7 Å². The van der Waals surface area contributed by atoms with E-state index in [2.05, 4.69) is 58.9 Å². The quantitative estimate of drug-likeness (QED) is 0.640. The van der Waals surface area contributed by atoms with Crippen LogP contribution in [0.15, 0.2) is 0 Å². The van der Waals surface area contributed by atoms with Crippen molar-refractivity contribution in [1.29, 1.82) is 0 Å². The van der Waals surface area contributed by atoms with Crippen molar-refractivity contribution in [3.63, 3.8) is 0 Å². The fourth-order valence-corrected chi connectivity index (χ4v) is 20.5. The maximum atomic E-state index is 6.53. The van der Waals surface area contributed by atoms with Gasteiger partial charge in [-0.05, 0) is 77.9 Å². The molecule has 1 atom stereocenters. The van der Waals surface area contributed by atoms with Gasteiger partial charge in [0.1, 0.15) is 0 Å². The van der Waals surface area contributed by atoms with Crippen LogP contribution in [0.5, 0.6) is 0 Å². The highest BCUT2D eigenvalue weighted by Gasteiger charge is 2.43. The Bertz CT molecular complexity index is 302. The summed E-state index contributed by atoms with van der Waals surface area (Å²) < 4.78 is 19.3. The molecule has 0 aliphatic heterocycles. The summed E-state index contributed by atoms with van der Waals surface area (Å²) >= 11 is 0. The van der Waals surface area contributed by atoms with Crippen molar-refractivity contribution in [3.8, 4) is 0 Å². The van der Waals surface area contributed by atoms with Gasteiger partial charge in [0.25, 0.3) is 0 Å². The lowest BCUT2D eigenvalue weighted by atomic mass is 10.5. The first-order chi connectivity index (χ1) is 8.68. The summed E-state index contributed by atoms with van der Waals surface area (Å²) in [6.07, 6.45) is 0.963. The van der Waals surface area contributed by atoms with Crippen LogP contribution in [0.3, 0.4) is 0 Å². The summed E-state index contributed by atoms with van der Waals surface area (Å²) in [7, 11) is -7.56. The highest BCUT2D eigenvalue weighted by molar-refractivity contribution is 6.89. The van der Waals surface area contributed by atoms with Crippen LogP contribution in [-0.2, 0) is 12.3 Å². The van der Waals surface area contributed by atoms with Crippen molar-refractivity contribution in [2.45, 2.75) is 71.4 Å². The summed E-state index contributed by atoms with van der Waals surface area (Å²) in [6, 6.07) is 0.958. The molecule has 4 nitrogen and oxygen atoms in total. The predicted molar refractivity (Wildman–Crippen MR) is 97.5 cm³/mol. The van der Waals surface area contributed by atoms with E-state index in [1.54, 1.807) is 0 Å². The molecule has 0 spiro atoms. The molecule has 0 aliphatic carbocycles. The predicted octanol–water partition coefficient (Wildman–Crippen LogP) is 3.83. The normalized spacial score (nSPS) is 17.1. The van der Waals surface area contributed by atoms with Crippen LogP contribution in [0.1, 0.15) is 6.42 Å². The molecule has 0 radical (unpaired) electrons. The number of rotatable bonds is 9. The Morgan fingerprint density at radius 1 is 0.700 bits per heavy atom. The molecule has 0 aliphatic rings. The average Bonchev–Trinajstić information content (AvgIpc) is 2.05. The Labute approximate surface area is 130 Å². The van der Waals surface area contributed by atoms with Crippen LogP contribution >= 0.6 is 0 Å². The van der Waals surface area contributed by atoms with Gasteiger partial charge in [-0.15, -0.1) is 0 Å². The second kappa shape index (κ2) is 7.31. The van der Waals surface area contributed by atoms with Crippen molar-refractivity contribution in [2.75, 3.05) is 6.54 Å². The van der Waals surface area contributed by atoms with E-state index in [9.17, 15) is 0 Å². The largest absolute Gasteiger partial charge is 0.437 e. The molecule has 0 saturated carbocycles. The lowest BCUT2D eigenvalue weighted by Gasteiger charge is -2.41. The van der Waals surface area contributed by atoms with Crippen LogP contribution in [0.2, 0.25) is 65.0 Å². The van der Waals surface area contributed by atoms with E-state index in [1.165, 1.54) is 0 Å². The highest BCUT2D eigenvalue weighted by Crippen LogP contribution is 2.27. The highest BCUT2D eigenvalue weighted by atomic mass is 28.5. The molecule has 0 unspecified atom stereocenters. The third-order valence-corrected chi connectivity index (χ3v) is 15.9. The fraction of sp³-hybridized carbons (Fsp3) is 1.00. The average molecular weight is 354 g/mol. The van der Waals surface area contributed by atoms with E-state index < -0.39 is 33.8 Å². The SMILES string of the molecule is C[Si](C)(C)O[Si](C)(C)O[Si@](C)(CCCN)O[Si](C)(C)C. The lowest BCUT2D eigenvalue weighted by Crippen LogP contribution is -2.56. The van der Waals surface area contributed by atoms with Gasteiger partial charge in [0.15, 0.2) is 16.6 Å². The first kappa shape index (κ1) is 20.7. The minimum absolute atomic E-state index is 0.692. The minimum Gasteiger partial charge on any atom is -0.437 e. The van der Waals surface area contributed by atoms with E-state index in [0.29, 0.717) is 6.54 Å². The Morgan fingerprint density at radius 3 is 1.50 bits per heavy atom. The zero-order chi connectivity index (χ0) is 16.2. The molecule has 0 aromatic carbocycles. The van der Waals surface area contributed by atoms with Crippen molar-refractivity contribution in [2.24, 2.45) is 5.73 Å². The summed E-state index contributed by atoms with van der Waals surface area (Å²) in [5.41, 5.74) is 5.67. The molecule has 0 bridgehead atoms. The Kier molecular flexibility index (Phi) is 7.57. The van der Waals surface area contributed by atoms with E-state index in [4.69, 9.17) is 18.1 Å². The monoisotopic (exact) mass is 353 g/mol. The third kappa shape index (κ3) is 10.4. The zero-order valence-electron chi connectivity index (χ0n) is 14.9. The summed E-state index contributed by atoms with van der Waals surface area (Å²) in [4.78, 5) is 0. The van der Waals surface area contributed by atoms with Crippen LogP contribution in [-0.4, -0.2) is 40.3 Å². The van der Waals surface area contributed by atoms with Gasteiger partial charge in [0.05, 0.1) is 0 Å². The van der Waals surface area contributed by atoms with Gasteiger partial charge in [-0.3, -0.25) is 0 Å². The Balaban J connectivity index is 4.96. The van der Waals surface area contributed by atoms with Crippen LogP contribution < -0.4 is 5.73 Å². The van der Waals surface area contributed by atoms with Crippen LogP contribution in [0.25, 0.3) is 0 Å². The van der Waals surface area contributed by atoms with Gasteiger partial charge in [0.2, 0.25) is 0 Å². The van der Waals surface area contributed by atoms with Crippen LogP contribution in [0, 0.1) is 0 Å². The molecule has 122 valence electrons. The van der Waals surface area contributed by atoms with E-state index >= 15 is 0 Å². The van der Waals surface area contributed by atoms with Crippen molar-refractivity contribution in [1.82, 2.24) is 0 Å². The maximum Gasteiger partial charge on any atom is 0.315 e. The minimum atomic E-state index is -2.20. The lowest BCUT2D eigenvalue weighted by molar-refractivity contribution is 0.323. The van der Waals surface area contributed by atoms with E-state index in [0.717, 1.165) is 12.5 Å². The first-order valence-electron chi connectivity index (χ1n) is 7.49. The van der Waals surface area contributed by atoms with Crippen molar-refractivity contribution < 1.29 is 12.3 Å². The van der Waals surface area contributed by atoms with Crippen LogP contribution in [0.4, 0.5) is 0 Å². The summed E-state index contributed by atoms with van der Waals surface area (Å²) in [6.45, 7) is 20.5. The molecular formula is C12H35NO3Si4. The maximum absolute atomic E-state index is 6.53. The van der Waals surface area contributed by atoms with Gasteiger partial charge in [-0.2, -0.15) is 0 Å². The van der Waals surface area contributed by atoms with Gasteiger partial charge >= 0.3 is 17.1 Å². The van der Waals surface area contributed by atoms with Crippen molar-refractivity contribution in [3.05, 3.63) is 0 Å². The first-order valence-corrected chi connectivity index (χ1v) is 19.6. The summed E-state index contributed by atoms with van der Waals surface area (Å²) in [5, 5.41) is 0. The molecule has 0 aromatic rings. The van der Waals surface area contributed by atoms with Crippen molar-refractivity contribution >= 4 is 33.8 Å². The molecule has 0 saturated heterocycles. The van der Waals surface area contributed by atoms with Gasteiger partial charge in [0, 0.05) is 0 Å². The molecule has 20 heavy (non-hydrogen) atoms. The van der Waals surface area contributed by atoms with Gasteiger partial charge in [-0.25, -0.2) is 0 Å². The zero-order valence-corrected chi connectivity index (χ0v) is 18.9. The fourth-order valence-electron chi connectivity index (χ4n) is 2.47. The summed E-state index contributed by atoms with van der Waals surface area (Å²) in [5.74, 6) is 0. The van der Waals surface area contributed by atoms with Gasteiger partial charge in [-0.1, -0.05) is 0 Å². The molecule has 0 rings (SSSR count). The second-order valence-corrected chi connectivity index (χ2v) is 24.4. The Morgan fingerprint density at radius 2 is 1.15 bits per heavy atom. The van der Waals surface area contributed by atoms with E-state index in [1.807, 2.05) is 0 Å². The number of hydrogen-bond donors (Lipinski definition) is 1. The third-order valence-electron chi connectivity index (χ3n) is 2.37. The number of hydrogen-bond acceptors (Lipinski definition) is 4. The molecular weight excluding hydrogens is 318 g/mol. The molecule has 0 amide bonds. The molecule has 0 fully saturated rings.